The summed E-state index contributed by atoms with van der Waals surface area (Å²) in [4.78, 5) is 39.5. The van der Waals surface area contributed by atoms with Crippen molar-refractivity contribution in [2.24, 2.45) is 0 Å². The van der Waals surface area contributed by atoms with E-state index in [0.29, 0.717) is 5.56 Å². The second-order valence-electron chi connectivity index (χ2n) is 7.78. The van der Waals surface area contributed by atoms with E-state index in [4.69, 9.17) is 0 Å². The fourth-order valence-corrected chi connectivity index (χ4v) is 5.10. The van der Waals surface area contributed by atoms with E-state index in [1.54, 1.807) is 18.2 Å². The zero-order chi connectivity index (χ0) is 22.9. The second kappa shape index (κ2) is 8.67. The Hall–Kier alpha value is -3.71. The highest BCUT2D eigenvalue weighted by molar-refractivity contribution is 8.18. The molecule has 0 radical (unpaired) electrons. The van der Waals surface area contributed by atoms with Crippen molar-refractivity contribution in [2.75, 3.05) is 13.1 Å². The molecule has 164 valence electrons. The summed E-state index contributed by atoms with van der Waals surface area (Å²) in [6.07, 6.45) is 1.56. The van der Waals surface area contributed by atoms with Crippen LogP contribution in [0.5, 0.6) is 0 Å². The number of fused-ring (bicyclic) bond motifs is 3. The maximum Gasteiger partial charge on any atom is 0.293 e. The molecule has 1 aliphatic heterocycles. The van der Waals surface area contributed by atoms with Gasteiger partial charge in [-0.2, -0.15) is 0 Å². The first-order valence-electron chi connectivity index (χ1n) is 10.5. The van der Waals surface area contributed by atoms with E-state index >= 15 is 0 Å². The van der Waals surface area contributed by atoms with E-state index in [2.05, 4.69) is 5.32 Å². The fourth-order valence-electron chi connectivity index (χ4n) is 4.23. The Labute approximate surface area is 194 Å². The minimum Gasteiger partial charge on any atom is -0.353 e. The Morgan fingerprint density at radius 2 is 1.55 bits per heavy atom. The number of amides is 3. The zero-order valence-electron chi connectivity index (χ0n) is 17.5. The van der Waals surface area contributed by atoms with Crippen LogP contribution >= 0.6 is 11.8 Å². The van der Waals surface area contributed by atoms with Crippen molar-refractivity contribution in [2.45, 2.75) is 5.92 Å². The van der Waals surface area contributed by atoms with Crippen molar-refractivity contribution in [3.05, 3.63) is 100 Å². The number of benzene rings is 3. The van der Waals surface area contributed by atoms with Crippen LogP contribution in [0, 0.1) is 5.82 Å². The Balaban J connectivity index is 1.26. The van der Waals surface area contributed by atoms with Gasteiger partial charge in [-0.15, -0.1) is 0 Å². The van der Waals surface area contributed by atoms with Gasteiger partial charge in [-0.25, -0.2) is 4.39 Å². The molecule has 5 nitrogen and oxygen atoms in total. The fraction of sp³-hybridized carbons (Fsp3) is 0.115. The summed E-state index contributed by atoms with van der Waals surface area (Å²) in [6, 6.07) is 21.3. The molecule has 2 aliphatic rings. The highest BCUT2D eigenvalue weighted by Crippen LogP contribution is 2.44. The monoisotopic (exact) mass is 458 g/mol. The summed E-state index contributed by atoms with van der Waals surface area (Å²) in [5.74, 6) is -1.38. The number of carbonyl (C=O) groups is 3. The molecule has 3 amide bonds. The van der Waals surface area contributed by atoms with Gasteiger partial charge >= 0.3 is 0 Å². The Morgan fingerprint density at radius 3 is 2.18 bits per heavy atom. The number of thioether (sulfide) groups is 1. The standard InChI is InChI=1S/C26H19FN2O3S/c27-17-11-9-16(10-12-17)15-22-25(31)29(26(32)33-22)14-13-28-24(30)23-20-7-3-1-5-18(20)19-6-2-4-8-21(19)23/h1-12,15,23H,13-14H2,(H,28,30)/b22-15+. The summed E-state index contributed by atoms with van der Waals surface area (Å²) in [7, 11) is 0. The first-order chi connectivity index (χ1) is 16.0. The molecule has 0 saturated carbocycles. The SMILES string of the molecule is O=C(NCCN1C(=O)S/C(=C/c2ccc(F)cc2)C1=O)C1c2ccccc2-c2ccccc21. The maximum absolute atomic E-state index is 13.1. The zero-order valence-corrected chi connectivity index (χ0v) is 18.3. The van der Waals surface area contributed by atoms with Gasteiger partial charge in [0.2, 0.25) is 5.91 Å². The minimum absolute atomic E-state index is 0.0766. The van der Waals surface area contributed by atoms with Crippen LogP contribution in [0.15, 0.2) is 77.7 Å². The topological polar surface area (TPSA) is 66.5 Å². The summed E-state index contributed by atoms with van der Waals surface area (Å²) < 4.78 is 13.1. The molecule has 0 atom stereocenters. The normalized spacial score (nSPS) is 16.3. The molecule has 1 N–H and O–H groups in total. The third-order valence-corrected chi connectivity index (χ3v) is 6.68. The molecule has 7 heteroatoms. The molecular weight excluding hydrogens is 439 g/mol. The number of halogens is 1. The average Bonchev–Trinajstić information content (AvgIpc) is 3.29. The quantitative estimate of drug-likeness (QED) is 0.559. The molecule has 1 aliphatic carbocycles. The van der Waals surface area contributed by atoms with Crippen LogP contribution in [0.2, 0.25) is 0 Å². The van der Waals surface area contributed by atoms with E-state index in [1.807, 2.05) is 48.5 Å². The van der Waals surface area contributed by atoms with Crippen molar-refractivity contribution >= 4 is 34.9 Å². The van der Waals surface area contributed by atoms with Gasteiger partial charge in [0.05, 0.1) is 10.8 Å². The number of nitrogens with one attached hydrogen (secondary N) is 1. The van der Waals surface area contributed by atoms with Crippen molar-refractivity contribution < 1.29 is 18.8 Å². The molecule has 0 unspecified atom stereocenters. The predicted molar refractivity (Wildman–Crippen MR) is 126 cm³/mol. The second-order valence-corrected chi connectivity index (χ2v) is 8.78. The largest absolute Gasteiger partial charge is 0.353 e. The first-order valence-corrected chi connectivity index (χ1v) is 11.3. The van der Waals surface area contributed by atoms with Gasteiger partial charge in [0.15, 0.2) is 0 Å². The molecule has 0 aromatic heterocycles. The van der Waals surface area contributed by atoms with Crippen molar-refractivity contribution in [3.63, 3.8) is 0 Å². The van der Waals surface area contributed by atoms with Gasteiger partial charge in [0.25, 0.3) is 11.1 Å². The van der Waals surface area contributed by atoms with Gasteiger partial charge in [-0.05, 0) is 57.8 Å². The van der Waals surface area contributed by atoms with Crippen molar-refractivity contribution in [3.8, 4) is 11.1 Å². The first kappa shape index (κ1) is 21.2. The van der Waals surface area contributed by atoms with E-state index in [9.17, 15) is 18.8 Å². The molecule has 0 spiro atoms. The number of hydrogen-bond acceptors (Lipinski definition) is 4. The number of imide groups is 1. The number of nitrogens with zero attached hydrogens (tertiary/aromatic N) is 1. The molecule has 0 bridgehead atoms. The lowest BCUT2D eigenvalue weighted by Crippen LogP contribution is -2.38. The highest BCUT2D eigenvalue weighted by atomic mass is 32.2. The van der Waals surface area contributed by atoms with Crippen LogP contribution in [0.25, 0.3) is 17.2 Å². The molecular formula is C26H19FN2O3S. The average molecular weight is 459 g/mol. The minimum atomic E-state index is -0.425. The smallest absolute Gasteiger partial charge is 0.293 e. The lowest BCUT2D eigenvalue weighted by Gasteiger charge is -2.16. The molecule has 5 rings (SSSR count). The van der Waals surface area contributed by atoms with E-state index in [-0.39, 0.29) is 35.0 Å². The molecule has 33 heavy (non-hydrogen) atoms. The van der Waals surface area contributed by atoms with E-state index < -0.39 is 11.8 Å². The van der Waals surface area contributed by atoms with Crippen molar-refractivity contribution in [1.29, 1.82) is 0 Å². The van der Waals surface area contributed by atoms with Crippen LogP contribution in [-0.4, -0.2) is 35.0 Å². The van der Waals surface area contributed by atoms with Crippen LogP contribution in [-0.2, 0) is 9.59 Å². The van der Waals surface area contributed by atoms with E-state index in [0.717, 1.165) is 38.9 Å². The van der Waals surface area contributed by atoms with Gasteiger partial charge < -0.3 is 5.32 Å². The summed E-state index contributed by atoms with van der Waals surface area (Å²) >= 11 is 0.838. The maximum atomic E-state index is 13.1. The van der Waals surface area contributed by atoms with Gasteiger partial charge in [-0.3, -0.25) is 19.3 Å². The van der Waals surface area contributed by atoms with Crippen molar-refractivity contribution in [1.82, 2.24) is 10.2 Å². The highest BCUT2D eigenvalue weighted by Gasteiger charge is 2.36. The summed E-state index contributed by atoms with van der Waals surface area (Å²) in [5, 5.41) is 2.50. The number of hydrogen-bond donors (Lipinski definition) is 1. The molecule has 1 fully saturated rings. The lowest BCUT2D eigenvalue weighted by atomic mass is 9.96. The van der Waals surface area contributed by atoms with Gasteiger partial charge in [0.1, 0.15) is 5.82 Å². The molecule has 1 heterocycles. The summed E-state index contributed by atoms with van der Waals surface area (Å²) in [5.41, 5.74) is 4.62. The van der Waals surface area contributed by atoms with Gasteiger partial charge in [0, 0.05) is 13.1 Å². The predicted octanol–water partition coefficient (Wildman–Crippen LogP) is 4.79. The van der Waals surface area contributed by atoms with E-state index in [1.165, 1.54) is 12.1 Å². The van der Waals surface area contributed by atoms with Crippen LogP contribution < -0.4 is 5.32 Å². The number of carbonyl (C=O) groups excluding carboxylic acids is 3. The Bertz CT molecular complexity index is 1260. The van der Waals surface area contributed by atoms with Crippen LogP contribution in [0.3, 0.4) is 0 Å². The molecule has 3 aromatic rings. The third-order valence-electron chi connectivity index (χ3n) is 5.77. The number of rotatable bonds is 5. The van der Waals surface area contributed by atoms with Crippen LogP contribution in [0.1, 0.15) is 22.6 Å². The summed E-state index contributed by atoms with van der Waals surface area (Å²) in [6.45, 7) is 0.231. The lowest BCUT2D eigenvalue weighted by molar-refractivity contribution is -0.124. The van der Waals surface area contributed by atoms with Gasteiger partial charge in [-0.1, -0.05) is 60.7 Å². The van der Waals surface area contributed by atoms with Crippen LogP contribution in [0.4, 0.5) is 9.18 Å². The molecule has 1 saturated heterocycles. The Kier molecular flexibility index (Phi) is 5.56. The third kappa shape index (κ3) is 3.96. The Morgan fingerprint density at radius 1 is 0.939 bits per heavy atom. The molecule has 3 aromatic carbocycles.